The van der Waals surface area contributed by atoms with Crippen LogP contribution in [0, 0.1) is 0 Å². The minimum Gasteiger partial charge on any atom is -0.306 e. The van der Waals surface area contributed by atoms with Gasteiger partial charge < -0.3 is 5.32 Å². The van der Waals surface area contributed by atoms with Crippen LogP contribution in [-0.2, 0) is 11.2 Å². The highest BCUT2D eigenvalue weighted by Gasteiger charge is 2.27. The van der Waals surface area contributed by atoms with Crippen molar-refractivity contribution < 1.29 is 4.79 Å². The fourth-order valence-corrected chi connectivity index (χ4v) is 2.92. The molecule has 0 aliphatic carbocycles. The molecule has 1 aliphatic rings. The highest BCUT2D eigenvalue weighted by molar-refractivity contribution is 5.80. The third kappa shape index (κ3) is 3.14. The summed E-state index contributed by atoms with van der Waals surface area (Å²) in [5.41, 5.74) is 2.49. The van der Waals surface area contributed by atoms with Gasteiger partial charge in [-0.2, -0.15) is 0 Å². The maximum Gasteiger partial charge on any atom is 0.136 e. The topological polar surface area (TPSA) is 29.1 Å². The molecule has 2 nitrogen and oxygen atoms in total. The lowest BCUT2D eigenvalue weighted by Crippen LogP contribution is -2.42. The molecular formula is C18H19NO. The summed E-state index contributed by atoms with van der Waals surface area (Å²) in [7, 11) is 0. The second-order valence-corrected chi connectivity index (χ2v) is 5.46. The van der Waals surface area contributed by atoms with Gasteiger partial charge in [0.15, 0.2) is 0 Å². The normalized spacial score (nSPS) is 22.7. The minimum atomic E-state index is 0.158. The van der Waals surface area contributed by atoms with Gasteiger partial charge in [-0.15, -0.1) is 0 Å². The van der Waals surface area contributed by atoms with Crippen LogP contribution >= 0.6 is 0 Å². The maximum absolute atomic E-state index is 12.0. The molecule has 0 unspecified atom stereocenters. The van der Waals surface area contributed by atoms with Gasteiger partial charge in [0.25, 0.3) is 0 Å². The van der Waals surface area contributed by atoms with Crippen molar-refractivity contribution in [2.24, 2.45) is 0 Å². The van der Waals surface area contributed by atoms with Gasteiger partial charge >= 0.3 is 0 Å². The van der Waals surface area contributed by atoms with Crippen LogP contribution in [0.3, 0.4) is 0 Å². The van der Waals surface area contributed by atoms with Crippen molar-refractivity contribution in [3.63, 3.8) is 0 Å². The van der Waals surface area contributed by atoms with E-state index in [1.54, 1.807) is 0 Å². The predicted octanol–water partition coefficient (Wildman–Crippen LogP) is 3.29. The van der Waals surface area contributed by atoms with Gasteiger partial charge in [0.05, 0.1) is 0 Å². The van der Waals surface area contributed by atoms with E-state index in [2.05, 4.69) is 41.7 Å². The van der Waals surface area contributed by atoms with E-state index in [-0.39, 0.29) is 12.1 Å². The molecule has 0 aromatic heterocycles. The van der Waals surface area contributed by atoms with Crippen LogP contribution in [0.1, 0.15) is 30.0 Å². The van der Waals surface area contributed by atoms with E-state index in [1.165, 1.54) is 11.1 Å². The molecule has 20 heavy (non-hydrogen) atoms. The first kappa shape index (κ1) is 13.1. The summed E-state index contributed by atoms with van der Waals surface area (Å²) in [6.45, 7) is 0. The summed E-state index contributed by atoms with van der Waals surface area (Å²) < 4.78 is 0. The van der Waals surface area contributed by atoms with Crippen molar-refractivity contribution in [2.75, 3.05) is 0 Å². The van der Waals surface area contributed by atoms with Gasteiger partial charge in [-0.3, -0.25) is 4.79 Å². The van der Waals surface area contributed by atoms with Crippen molar-refractivity contribution in [3.8, 4) is 0 Å². The number of hydrogen-bond acceptors (Lipinski definition) is 2. The summed E-state index contributed by atoms with van der Waals surface area (Å²) in [5, 5.41) is 3.63. The molecule has 0 radical (unpaired) electrons. The minimum absolute atomic E-state index is 0.158. The molecule has 1 fully saturated rings. The van der Waals surface area contributed by atoms with Crippen molar-refractivity contribution in [3.05, 3.63) is 71.8 Å². The Hall–Kier alpha value is -1.93. The van der Waals surface area contributed by atoms with Crippen LogP contribution in [0.25, 0.3) is 0 Å². The number of carbonyl (C=O) groups is 1. The van der Waals surface area contributed by atoms with Crippen molar-refractivity contribution >= 4 is 5.78 Å². The molecule has 0 amide bonds. The molecule has 0 spiro atoms. The lowest BCUT2D eigenvalue weighted by Gasteiger charge is -2.30. The number of piperidine rings is 1. The number of hydrogen-bond donors (Lipinski definition) is 1. The van der Waals surface area contributed by atoms with E-state index in [4.69, 9.17) is 0 Å². The summed E-state index contributed by atoms with van der Waals surface area (Å²) in [6, 6.07) is 21.0. The van der Waals surface area contributed by atoms with Crippen molar-refractivity contribution in [1.29, 1.82) is 0 Å². The molecule has 2 heteroatoms. The van der Waals surface area contributed by atoms with Gasteiger partial charge in [-0.1, -0.05) is 60.7 Å². The number of ketones is 1. The number of benzene rings is 2. The Morgan fingerprint density at radius 3 is 2.25 bits per heavy atom. The Kier molecular flexibility index (Phi) is 3.93. The fourth-order valence-electron chi connectivity index (χ4n) is 2.92. The average Bonchev–Trinajstić information content (AvgIpc) is 2.49. The largest absolute Gasteiger partial charge is 0.306 e. The summed E-state index contributed by atoms with van der Waals surface area (Å²) >= 11 is 0. The first-order valence-electron chi connectivity index (χ1n) is 7.18. The molecule has 1 aliphatic heterocycles. The van der Waals surface area contributed by atoms with Crippen LogP contribution in [-0.4, -0.2) is 11.8 Å². The average molecular weight is 265 g/mol. The molecule has 0 saturated carbocycles. The molecule has 1 N–H and O–H groups in total. The first-order valence-corrected chi connectivity index (χ1v) is 7.18. The van der Waals surface area contributed by atoms with E-state index in [1.807, 2.05) is 24.3 Å². The van der Waals surface area contributed by atoms with E-state index < -0.39 is 0 Å². The Labute approximate surface area is 119 Å². The number of Topliss-reactive ketones (excluding diaryl/α,β-unsaturated/α-hetero) is 1. The van der Waals surface area contributed by atoms with Crippen LogP contribution in [0.15, 0.2) is 60.7 Å². The van der Waals surface area contributed by atoms with E-state index in [0.29, 0.717) is 18.6 Å². The number of nitrogens with one attached hydrogen (secondary N) is 1. The molecule has 0 bridgehead atoms. The Morgan fingerprint density at radius 1 is 0.900 bits per heavy atom. The van der Waals surface area contributed by atoms with Gasteiger partial charge in [-0.25, -0.2) is 0 Å². The zero-order chi connectivity index (χ0) is 13.8. The van der Waals surface area contributed by atoms with Crippen molar-refractivity contribution in [1.82, 2.24) is 5.32 Å². The molecular weight excluding hydrogens is 246 g/mol. The Balaban J connectivity index is 1.72. The molecule has 1 heterocycles. The number of rotatable bonds is 3. The zero-order valence-electron chi connectivity index (χ0n) is 11.5. The second kappa shape index (κ2) is 6.02. The summed E-state index contributed by atoms with van der Waals surface area (Å²) in [5.74, 6) is 0.360. The lowest BCUT2D eigenvalue weighted by atomic mass is 9.90. The van der Waals surface area contributed by atoms with Gasteiger partial charge in [0.2, 0.25) is 0 Å². The molecule has 1 saturated heterocycles. The second-order valence-electron chi connectivity index (χ2n) is 5.46. The molecule has 2 atom stereocenters. The molecule has 2 aromatic rings. The predicted molar refractivity (Wildman–Crippen MR) is 80.5 cm³/mol. The van der Waals surface area contributed by atoms with Gasteiger partial charge in [0, 0.05) is 24.9 Å². The molecule has 102 valence electrons. The van der Waals surface area contributed by atoms with Gasteiger partial charge in [0.1, 0.15) is 5.78 Å². The molecule has 3 rings (SSSR count). The SMILES string of the molecule is O=C1C[C@@H](Cc2ccccc2)N[C@@H](c2ccccc2)C1. The maximum atomic E-state index is 12.0. The van der Waals surface area contributed by atoms with Gasteiger partial charge in [-0.05, 0) is 17.5 Å². The van der Waals surface area contributed by atoms with Crippen LogP contribution in [0.5, 0.6) is 0 Å². The van der Waals surface area contributed by atoms with Crippen molar-refractivity contribution in [2.45, 2.75) is 31.3 Å². The smallest absolute Gasteiger partial charge is 0.136 e. The van der Waals surface area contributed by atoms with Crippen LogP contribution < -0.4 is 5.32 Å². The highest BCUT2D eigenvalue weighted by Crippen LogP contribution is 2.24. The van der Waals surface area contributed by atoms with E-state index >= 15 is 0 Å². The highest BCUT2D eigenvalue weighted by atomic mass is 16.1. The Bertz CT molecular complexity index is 564. The van der Waals surface area contributed by atoms with E-state index in [9.17, 15) is 4.79 Å². The summed E-state index contributed by atoms with van der Waals surface area (Å²) in [6.07, 6.45) is 2.16. The van der Waals surface area contributed by atoms with Crippen LogP contribution in [0.2, 0.25) is 0 Å². The Morgan fingerprint density at radius 2 is 1.55 bits per heavy atom. The zero-order valence-corrected chi connectivity index (χ0v) is 11.5. The summed E-state index contributed by atoms with van der Waals surface area (Å²) in [4.78, 5) is 12.0. The first-order chi connectivity index (χ1) is 9.81. The third-order valence-corrected chi connectivity index (χ3v) is 3.87. The third-order valence-electron chi connectivity index (χ3n) is 3.87. The fraction of sp³-hybridized carbons (Fsp3) is 0.278. The lowest BCUT2D eigenvalue weighted by molar-refractivity contribution is -0.121. The van der Waals surface area contributed by atoms with E-state index in [0.717, 1.165) is 6.42 Å². The molecule has 2 aromatic carbocycles. The standard InChI is InChI=1S/C18H19NO/c20-17-12-16(11-14-7-3-1-4-8-14)19-18(13-17)15-9-5-2-6-10-15/h1-10,16,18-19H,11-13H2/t16-,18-/m1/s1. The monoisotopic (exact) mass is 265 g/mol. The van der Waals surface area contributed by atoms with Crippen LogP contribution in [0.4, 0.5) is 0 Å². The quantitative estimate of drug-likeness (QED) is 0.922. The number of carbonyl (C=O) groups excluding carboxylic acids is 1.